The Hall–Kier alpha value is -1.98. The van der Waals surface area contributed by atoms with Crippen molar-refractivity contribution in [2.75, 3.05) is 6.54 Å². The highest BCUT2D eigenvalue weighted by Gasteiger charge is 2.61. The second-order valence-electron chi connectivity index (χ2n) is 5.82. The lowest BCUT2D eigenvalue weighted by Crippen LogP contribution is -2.48. The monoisotopic (exact) mass is 292 g/mol. The van der Waals surface area contributed by atoms with Crippen LogP contribution in [0.1, 0.15) is 31.3 Å². The van der Waals surface area contributed by atoms with Crippen LogP contribution in [0.4, 0.5) is 0 Å². The summed E-state index contributed by atoms with van der Waals surface area (Å²) in [6.07, 6.45) is 1.26. The lowest BCUT2D eigenvalue weighted by molar-refractivity contribution is 0.0606. The van der Waals surface area contributed by atoms with Crippen LogP contribution in [0.15, 0.2) is 11.0 Å². The Labute approximate surface area is 122 Å². The molecule has 3 aliphatic rings. The van der Waals surface area contributed by atoms with Crippen molar-refractivity contribution in [2.24, 2.45) is 17.8 Å². The zero-order valence-electron chi connectivity index (χ0n) is 12.4. The van der Waals surface area contributed by atoms with E-state index in [1.807, 2.05) is 13.8 Å². The summed E-state index contributed by atoms with van der Waals surface area (Å²) in [6.45, 7) is 7.44. The number of amides is 1. The molecule has 3 heterocycles. The number of fused-ring (bicyclic) bond motifs is 4. The molecule has 1 saturated carbocycles. The number of hydrogen-bond acceptors (Lipinski definition) is 4. The highest BCUT2D eigenvalue weighted by atomic mass is 16.3. The van der Waals surface area contributed by atoms with E-state index < -0.39 is 16.9 Å². The van der Waals surface area contributed by atoms with E-state index in [2.05, 4.69) is 6.92 Å². The van der Waals surface area contributed by atoms with Gasteiger partial charge in [-0.15, -0.1) is 0 Å². The number of aromatic nitrogens is 1. The smallest absolute Gasteiger partial charge is 0.274 e. The molecule has 1 saturated heterocycles. The van der Waals surface area contributed by atoms with Crippen LogP contribution < -0.4 is 5.43 Å². The SMILES string of the molecule is CC.C[C@@H]1C2CN3C(=O)c4c(O)c(=O)c(O)cn4C[C@@H]3C21. The van der Waals surface area contributed by atoms with E-state index in [4.69, 9.17) is 0 Å². The molecule has 6 nitrogen and oxygen atoms in total. The van der Waals surface area contributed by atoms with Gasteiger partial charge in [0.05, 0.1) is 12.2 Å². The van der Waals surface area contributed by atoms with Crippen molar-refractivity contribution in [2.45, 2.75) is 33.4 Å². The molecule has 0 bridgehead atoms. The molecule has 2 aliphatic heterocycles. The number of aromatic hydroxyl groups is 2. The Morgan fingerprint density at radius 1 is 1.19 bits per heavy atom. The molecule has 1 aliphatic carbocycles. The number of pyridine rings is 1. The van der Waals surface area contributed by atoms with E-state index in [0.717, 1.165) is 0 Å². The molecule has 1 amide bonds. The van der Waals surface area contributed by atoms with Gasteiger partial charge in [-0.2, -0.15) is 0 Å². The quantitative estimate of drug-likeness (QED) is 0.747. The van der Waals surface area contributed by atoms with Gasteiger partial charge in [-0.05, 0) is 17.8 Å². The molecular formula is C15H20N2O4. The molecule has 0 aromatic carbocycles. The van der Waals surface area contributed by atoms with E-state index in [0.29, 0.717) is 30.8 Å². The van der Waals surface area contributed by atoms with Crippen LogP contribution in [0.5, 0.6) is 11.5 Å². The summed E-state index contributed by atoms with van der Waals surface area (Å²) in [5.74, 6) is 0.243. The number of nitrogens with zero attached hydrogens (tertiary/aromatic N) is 2. The topological polar surface area (TPSA) is 82.8 Å². The Balaban J connectivity index is 0.000000636. The average Bonchev–Trinajstić information content (AvgIpc) is 2.93. The normalized spacial score (nSPS) is 31.8. The first-order valence-corrected chi connectivity index (χ1v) is 7.47. The molecule has 0 radical (unpaired) electrons. The van der Waals surface area contributed by atoms with Crippen LogP contribution in [0.2, 0.25) is 0 Å². The summed E-state index contributed by atoms with van der Waals surface area (Å²) in [7, 11) is 0. The maximum atomic E-state index is 12.4. The third-order valence-electron chi connectivity index (χ3n) is 4.97. The Morgan fingerprint density at radius 2 is 1.86 bits per heavy atom. The fourth-order valence-electron chi connectivity index (χ4n) is 3.87. The van der Waals surface area contributed by atoms with Crippen LogP contribution in [0.3, 0.4) is 0 Å². The molecule has 2 unspecified atom stereocenters. The minimum Gasteiger partial charge on any atom is -0.503 e. The summed E-state index contributed by atoms with van der Waals surface area (Å²) in [5.41, 5.74) is -0.872. The summed E-state index contributed by atoms with van der Waals surface area (Å²) < 4.78 is 1.52. The average molecular weight is 292 g/mol. The number of piperidine rings is 1. The molecule has 2 fully saturated rings. The van der Waals surface area contributed by atoms with Crippen LogP contribution in [0.25, 0.3) is 0 Å². The second kappa shape index (κ2) is 4.51. The van der Waals surface area contributed by atoms with Gasteiger partial charge >= 0.3 is 0 Å². The van der Waals surface area contributed by atoms with Gasteiger partial charge in [0.15, 0.2) is 17.2 Å². The van der Waals surface area contributed by atoms with E-state index in [1.54, 1.807) is 4.90 Å². The molecule has 0 spiro atoms. The molecule has 21 heavy (non-hydrogen) atoms. The van der Waals surface area contributed by atoms with E-state index in [-0.39, 0.29) is 17.6 Å². The highest BCUT2D eigenvalue weighted by Crippen LogP contribution is 2.56. The minimum atomic E-state index is -0.879. The first kappa shape index (κ1) is 14.0. The maximum absolute atomic E-state index is 12.4. The Kier molecular flexibility index (Phi) is 3.00. The van der Waals surface area contributed by atoms with Gasteiger partial charge < -0.3 is 19.7 Å². The highest BCUT2D eigenvalue weighted by molar-refractivity contribution is 5.96. The summed E-state index contributed by atoms with van der Waals surface area (Å²) in [4.78, 5) is 25.7. The molecule has 1 aromatic heterocycles. The van der Waals surface area contributed by atoms with Gasteiger partial charge in [0, 0.05) is 13.1 Å². The van der Waals surface area contributed by atoms with Crippen molar-refractivity contribution in [1.82, 2.24) is 9.47 Å². The first-order valence-electron chi connectivity index (χ1n) is 7.47. The predicted octanol–water partition coefficient (Wildman–Crippen LogP) is 1.01. The van der Waals surface area contributed by atoms with Crippen LogP contribution in [-0.2, 0) is 6.54 Å². The largest absolute Gasteiger partial charge is 0.503 e. The third kappa shape index (κ3) is 1.71. The van der Waals surface area contributed by atoms with E-state index >= 15 is 0 Å². The summed E-state index contributed by atoms with van der Waals surface area (Å²) in [5, 5.41) is 19.3. The van der Waals surface area contributed by atoms with Crippen molar-refractivity contribution in [3.05, 3.63) is 22.1 Å². The lowest BCUT2D eigenvalue weighted by Gasteiger charge is -2.35. The van der Waals surface area contributed by atoms with Gasteiger partial charge in [-0.1, -0.05) is 20.8 Å². The Bertz CT molecular complexity index is 666. The third-order valence-corrected chi connectivity index (χ3v) is 4.97. The van der Waals surface area contributed by atoms with Gasteiger partial charge in [0.1, 0.15) is 0 Å². The predicted molar refractivity (Wildman–Crippen MR) is 76.3 cm³/mol. The van der Waals surface area contributed by atoms with Gasteiger partial charge in [-0.3, -0.25) is 9.59 Å². The van der Waals surface area contributed by atoms with Crippen molar-refractivity contribution in [3.63, 3.8) is 0 Å². The summed E-state index contributed by atoms with van der Waals surface area (Å²) in [6, 6.07) is 0.126. The standard InChI is InChI=1S/C13H14N2O4.C2H6/c1-5-6-2-15-7(9(5)6)3-14-4-8(16)11(17)12(18)10(14)13(15)19;1-2/h4-7,9,16,18H,2-3H2,1H3;1-2H3/t5-,6?,7-,9?;/m1./s1. The van der Waals surface area contributed by atoms with Crippen molar-refractivity contribution in [3.8, 4) is 11.5 Å². The number of carbonyl (C=O) groups is 1. The van der Waals surface area contributed by atoms with E-state index in [9.17, 15) is 19.8 Å². The van der Waals surface area contributed by atoms with Gasteiger partial charge in [0.25, 0.3) is 11.3 Å². The Morgan fingerprint density at radius 3 is 2.52 bits per heavy atom. The van der Waals surface area contributed by atoms with Crippen LogP contribution in [-0.4, -0.2) is 38.2 Å². The van der Waals surface area contributed by atoms with Gasteiger partial charge in [-0.25, -0.2) is 0 Å². The molecule has 1 aromatic rings. The van der Waals surface area contributed by atoms with Crippen molar-refractivity contribution < 1.29 is 15.0 Å². The summed E-state index contributed by atoms with van der Waals surface area (Å²) >= 11 is 0. The van der Waals surface area contributed by atoms with Crippen LogP contribution in [0, 0.1) is 17.8 Å². The van der Waals surface area contributed by atoms with Crippen molar-refractivity contribution >= 4 is 5.91 Å². The minimum absolute atomic E-state index is 0.00741. The van der Waals surface area contributed by atoms with Crippen LogP contribution >= 0.6 is 0 Å². The molecule has 6 heteroatoms. The molecule has 2 N–H and O–H groups in total. The zero-order chi connectivity index (χ0) is 15.5. The number of rotatable bonds is 0. The molecule has 4 rings (SSSR count). The maximum Gasteiger partial charge on any atom is 0.274 e. The molecular weight excluding hydrogens is 272 g/mol. The molecule has 4 atom stereocenters. The number of carbonyl (C=O) groups excluding carboxylic acids is 1. The fraction of sp³-hybridized carbons (Fsp3) is 0.600. The zero-order valence-corrected chi connectivity index (χ0v) is 12.4. The van der Waals surface area contributed by atoms with Crippen molar-refractivity contribution in [1.29, 1.82) is 0 Å². The molecule has 114 valence electrons. The lowest BCUT2D eigenvalue weighted by atomic mass is 10.1. The first-order chi connectivity index (χ1) is 10.0. The second-order valence-corrected chi connectivity index (χ2v) is 5.82. The number of hydrogen-bond donors (Lipinski definition) is 2. The van der Waals surface area contributed by atoms with Gasteiger partial charge in [0.2, 0.25) is 0 Å². The fourth-order valence-corrected chi connectivity index (χ4v) is 3.87. The van der Waals surface area contributed by atoms with E-state index in [1.165, 1.54) is 10.8 Å².